The van der Waals surface area contributed by atoms with Crippen molar-refractivity contribution in [2.45, 2.75) is 39.3 Å². The van der Waals surface area contributed by atoms with Crippen LogP contribution in [0, 0.1) is 0 Å². The molecular formula is C26H26F3N3O5S. The fourth-order valence-electron chi connectivity index (χ4n) is 3.18. The molecule has 0 saturated carbocycles. The Morgan fingerprint density at radius 3 is 2.18 bits per heavy atom. The third-order valence-electron chi connectivity index (χ3n) is 5.10. The van der Waals surface area contributed by atoms with Crippen LogP contribution in [0.2, 0.25) is 0 Å². The highest BCUT2D eigenvalue weighted by Gasteiger charge is 2.38. The van der Waals surface area contributed by atoms with Gasteiger partial charge in [0, 0.05) is 11.1 Å². The molecule has 2 aromatic carbocycles. The Morgan fingerprint density at radius 2 is 1.63 bits per heavy atom. The predicted molar refractivity (Wildman–Crippen MR) is 136 cm³/mol. The third kappa shape index (κ3) is 7.78. The second-order valence-electron chi connectivity index (χ2n) is 7.94. The molecule has 202 valence electrons. The van der Waals surface area contributed by atoms with E-state index in [1.807, 2.05) is 42.6 Å². The van der Waals surface area contributed by atoms with E-state index in [9.17, 15) is 18.0 Å². The molecule has 8 nitrogen and oxygen atoms in total. The number of nitrogens with zero attached hydrogens (tertiary/aromatic N) is 3. The molecule has 0 aliphatic heterocycles. The van der Waals surface area contributed by atoms with Crippen LogP contribution in [0.5, 0.6) is 5.75 Å². The lowest BCUT2D eigenvalue weighted by atomic mass is 10.1. The number of rotatable bonds is 9. The zero-order valence-electron chi connectivity index (χ0n) is 20.7. The van der Waals surface area contributed by atoms with Gasteiger partial charge in [0.05, 0.1) is 30.7 Å². The van der Waals surface area contributed by atoms with E-state index in [0.717, 1.165) is 45.6 Å². The maximum Gasteiger partial charge on any atom is 0.490 e. The molecule has 2 heterocycles. The summed E-state index contributed by atoms with van der Waals surface area (Å²) in [6, 6.07) is 15.3. The summed E-state index contributed by atoms with van der Waals surface area (Å²) < 4.78 is 44.3. The van der Waals surface area contributed by atoms with Crippen molar-refractivity contribution < 1.29 is 37.3 Å². The summed E-state index contributed by atoms with van der Waals surface area (Å²) in [7, 11) is 0. The molecule has 0 amide bonds. The molecule has 0 saturated heterocycles. The third-order valence-corrected chi connectivity index (χ3v) is 6.07. The van der Waals surface area contributed by atoms with Crippen LogP contribution in [0.15, 0.2) is 54.7 Å². The van der Waals surface area contributed by atoms with E-state index in [-0.39, 0.29) is 5.97 Å². The average molecular weight is 550 g/mol. The summed E-state index contributed by atoms with van der Waals surface area (Å²) in [4.78, 5) is 26.2. The molecule has 0 radical (unpaired) electrons. The van der Waals surface area contributed by atoms with Crippen molar-refractivity contribution in [2.75, 3.05) is 13.2 Å². The number of carboxylic acids is 1. The SMILES string of the molecule is CCCCCOc1ccc(-c2nn3cc(-c4ccc(C(=O)OCC)cc4)nc3s2)cc1.O=C(O)C(F)(F)F. The summed E-state index contributed by atoms with van der Waals surface area (Å²) in [6.45, 7) is 5.09. The van der Waals surface area contributed by atoms with Crippen molar-refractivity contribution in [3.05, 3.63) is 60.3 Å². The van der Waals surface area contributed by atoms with Crippen LogP contribution in [-0.2, 0) is 9.53 Å². The van der Waals surface area contributed by atoms with Crippen molar-refractivity contribution >= 4 is 28.2 Å². The zero-order valence-corrected chi connectivity index (χ0v) is 21.5. The fraction of sp³-hybridized carbons (Fsp3) is 0.308. The first-order valence-electron chi connectivity index (χ1n) is 11.8. The van der Waals surface area contributed by atoms with E-state index in [4.69, 9.17) is 24.4 Å². The lowest BCUT2D eigenvalue weighted by molar-refractivity contribution is -0.192. The molecule has 4 rings (SSSR count). The maximum atomic E-state index is 11.8. The van der Waals surface area contributed by atoms with Gasteiger partial charge in [-0.1, -0.05) is 43.2 Å². The van der Waals surface area contributed by atoms with Crippen LogP contribution in [0.4, 0.5) is 13.2 Å². The lowest BCUT2D eigenvalue weighted by Crippen LogP contribution is -2.21. The van der Waals surface area contributed by atoms with Gasteiger partial charge in [-0.3, -0.25) is 0 Å². The fourth-order valence-corrected chi connectivity index (χ4v) is 4.07. The Morgan fingerprint density at radius 1 is 1.00 bits per heavy atom. The second kappa shape index (κ2) is 13.0. The highest BCUT2D eigenvalue weighted by Crippen LogP contribution is 2.29. The van der Waals surface area contributed by atoms with Crippen LogP contribution < -0.4 is 4.74 Å². The van der Waals surface area contributed by atoms with Crippen LogP contribution >= 0.6 is 11.3 Å². The van der Waals surface area contributed by atoms with E-state index in [2.05, 4.69) is 12.0 Å². The molecule has 12 heteroatoms. The van der Waals surface area contributed by atoms with Crippen molar-refractivity contribution in [2.24, 2.45) is 0 Å². The number of hydrogen-bond acceptors (Lipinski definition) is 7. The minimum absolute atomic E-state index is 0.316. The molecule has 0 fully saturated rings. The number of carbonyl (C=O) groups is 2. The summed E-state index contributed by atoms with van der Waals surface area (Å²) in [6.07, 6.45) is 0.277. The Balaban J connectivity index is 0.000000505. The predicted octanol–water partition coefficient (Wildman–Crippen LogP) is 6.50. The Kier molecular flexibility index (Phi) is 9.83. The number of carboxylic acid groups (broad SMARTS) is 1. The number of ether oxygens (including phenoxy) is 2. The van der Waals surface area contributed by atoms with Crippen molar-refractivity contribution in [1.82, 2.24) is 14.6 Å². The first-order valence-corrected chi connectivity index (χ1v) is 12.6. The number of halogens is 3. The quantitative estimate of drug-likeness (QED) is 0.188. The monoisotopic (exact) mass is 549 g/mol. The molecule has 4 aromatic rings. The van der Waals surface area contributed by atoms with Gasteiger partial charge in [-0.2, -0.15) is 18.3 Å². The Hall–Kier alpha value is -3.93. The standard InChI is InChI=1S/C24H25N3O3S.C2HF3O2/c1-3-5-6-15-30-20-13-11-18(12-14-20)22-26-27-16-21(25-24(27)31-22)17-7-9-19(10-8-17)23(28)29-4-2;3-2(4,5)1(6)7/h7-14,16H,3-6,15H2,1-2H3;(H,6,7). The molecule has 0 spiro atoms. The van der Waals surface area contributed by atoms with Crippen LogP contribution in [0.1, 0.15) is 43.5 Å². The molecule has 2 aromatic heterocycles. The number of benzene rings is 2. The van der Waals surface area contributed by atoms with Gasteiger partial charge in [0.15, 0.2) is 0 Å². The van der Waals surface area contributed by atoms with Gasteiger partial charge in [0.1, 0.15) is 10.8 Å². The van der Waals surface area contributed by atoms with Crippen LogP contribution in [0.25, 0.3) is 26.8 Å². The van der Waals surface area contributed by atoms with Gasteiger partial charge in [-0.25, -0.2) is 19.1 Å². The van der Waals surface area contributed by atoms with E-state index >= 15 is 0 Å². The van der Waals surface area contributed by atoms with Crippen molar-refractivity contribution in [1.29, 1.82) is 0 Å². The number of aliphatic carboxylic acids is 1. The second-order valence-corrected chi connectivity index (χ2v) is 8.90. The molecule has 0 aliphatic rings. The number of esters is 1. The van der Waals surface area contributed by atoms with Crippen molar-refractivity contribution in [3.8, 4) is 27.6 Å². The first-order chi connectivity index (χ1) is 18.1. The summed E-state index contributed by atoms with van der Waals surface area (Å²) in [5, 5.41) is 12.7. The molecule has 0 unspecified atom stereocenters. The Labute approximate surface area is 220 Å². The number of carbonyl (C=O) groups excluding carboxylic acids is 1. The summed E-state index contributed by atoms with van der Waals surface area (Å²) in [5.41, 5.74) is 3.31. The number of aromatic nitrogens is 3. The minimum atomic E-state index is -5.08. The van der Waals surface area contributed by atoms with E-state index in [1.165, 1.54) is 24.2 Å². The molecule has 0 aliphatic carbocycles. The lowest BCUT2D eigenvalue weighted by Gasteiger charge is -2.05. The number of hydrogen-bond donors (Lipinski definition) is 1. The van der Waals surface area contributed by atoms with Gasteiger partial charge in [0.2, 0.25) is 4.96 Å². The molecule has 38 heavy (non-hydrogen) atoms. The molecule has 0 atom stereocenters. The highest BCUT2D eigenvalue weighted by molar-refractivity contribution is 7.19. The van der Waals surface area contributed by atoms with Crippen LogP contribution in [0.3, 0.4) is 0 Å². The highest BCUT2D eigenvalue weighted by atomic mass is 32.1. The van der Waals surface area contributed by atoms with Gasteiger partial charge < -0.3 is 14.6 Å². The minimum Gasteiger partial charge on any atom is -0.494 e. The molecular weight excluding hydrogens is 523 g/mol. The average Bonchev–Trinajstić information content (AvgIpc) is 3.47. The van der Waals surface area contributed by atoms with Gasteiger partial charge in [0.25, 0.3) is 0 Å². The van der Waals surface area contributed by atoms with Crippen molar-refractivity contribution in [3.63, 3.8) is 0 Å². The number of fused-ring (bicyclic) bond motifs is 1. The number of alkyl halides is 3. The Bertz CT molecular complexity index is 1320. The van der Waals surface area contributed by atoms with Gasteiger partial charge >= 0.3 is 18.1 Å². The maximum absolute atomic E-state index is 11.8. The van der Waals surface area contributed by atoms with Gasteiger partial charge in [-0.05, 0) is 49.7 Å². The largest absolute Gasteiger partial charge is 0.494 e. The first kappa shape index (κ1) is 28.6. The smallest absolute Gasteiger partial charge is 0.490 e. The molecule has 0 bridgehead atoms. The topological polar surface area (TPSA) is 103 Å². The van der Waals surface area contributed by atoms with Gasteiger partial charge in [-0.15, -0.1) is 0 Å². The van der Waals surface area contributed by atoms with Crippen LogP contribution in [-0.4, -0.2) is 51.0 Å². The summed E-state index contributed by atoms with van der Waals surface area (Å²) >= 11 is 1.54. The zero-order chi connectivity index (χ0) is 27.7. The van der Waals surface area contributed by atoms with E-state index in [1.54, 1.807) is 23.6 Å². The molecule has 1 N–H and O–H groups in total. The number of unbranched alkanes of at least 4 members (excludes halogenated alkanes) is 2. The number of imidazole rings is 1. The van der Waals surface area contributed by atoms with E-state index in [0.29, 0.717) is 12.2 Å². The normalized spacial score (nSPS) is 11.1. The summed E-state index contributed by atoms with van der Waals surface area (Å²) in [5.74, 6) is -2.19. The van der Waals surface area contributed by atoms with E-state index < -0.39 is 12.1 Å².